The second-order valence-corrected chi connectivity index (χ2v) is 6.83. The standard InChI is InChI=1S/C21H21N3O4/c1-2-28-17-7-5-15(6-8-17)22-20(26)21(27)23-16-10-13-4-3-9-24-18(25)12-14(11-16)19(13)24/h5-8,10-11H,2-4,9,12H2,1H3,(H,22,26)(H,23,27). The normalized spacial score (nSPS) is 14.5. The van der Waals surface area contributed by atoms with Crippen molar-refractivity contribution in [3.05, 3.63) is 47.5 Å². The number of nitrogens with zero attached hydrogens (tertiary/aromatic N) is 1. The summed E-state index contributed by atoms with van der Waals surface area (Å²) in [4.78, 5) is 38.5. The van der Waals surface area contributed by atoms with E-state index in [4.69, 9.17) is 4.74 Å². The molecule has 0 unspecified atom stereocenters. The van der Waals surface area contributed by atoms with E-state index in [-0.39, 0.29) is 5.91 Å². The molecular formula is C21H21N3O4. The molecule has 0 spiro atoms. The van der Waals surface area contributed by atoms with Crippen LogP contribution in [0.2, 0.25) is 0 Å². The summed E-state index contributed by atoms with van der Waals surface area (Å²) in [5.74, 6) is -0.720. The first kappa shape index (κ1) is 18.0. The van der Waals surface area contributed by atoms with E-state index in [1.807, 2.05) is 17.9 Å². The summed E-state index contributed by atoms with van der Waals surface area (Å²) in [6.07, 6.45) is 2.09. The zero-order valence-corrected chi connectivity index (χ0v) is 15.6. The second kappa shape index (κ2) is 7.34. The molecule has 7 heteroatoms. The Kier molecular flexibility index (Phi) is 4.73. The third-order valence-electron chi connectivity index (χ3n) is 4.90. The van der Waals surface area contributed by atoms with Crippen molar-refractivity contribution in [1.82, 2.24) is 0 Å². The van der Waals surface area contributed by atoms with Crippen molar-refractivity contribution in [2.24, 2.45) is 0 Å². The van der Waals surface area contributed by atoms with Crippen LogP contribution in [0.25, 0.3) is 0 Å². The van der Waals surface area contributed by atoms with Gasteiger partial charge < -0.3 is 20.3 Å². The Morgan fingerprint density at radius 2 is 1.71 bits per heavy atom. The number of anilines is 3. The van der Waals surface area contributed by atoms with Gasteiger partial charge in [0.2, 0.25) is 5.91 Å². The number of benzene rings is 2. The average molecular weight is 379 g/mol. The van der Waals surface area contributed by atoms with Crippen LogP contribution in [0.3, 0.4) is 0 Å². The fourth-order valence-electron chi connectivity index (χ4n) is 3.73. The molecule has 2 aromatic carbocycles. The van der Waals surface area contributed by atoms with Gasteiger partial charge in [0, 0.05) is 17.9 Å². The van der Waals surface area contributed by atoms with Gasteiger partial charge >= 0.3 is 11.8 Å². The topological polar surface area (TPSA) is 87.7 Å². The lowest BCUT2D eigenvalue weighted by molar-refractivity contribution is -0.132. The van der Waals surface area contributed by atoms with Gasteiger partial charge in [0.15, 0.2) is 0 Å². The number of amides is 3. The smallest absolute Gasteiger partial charge is 0.314 e. The molecule has 0 saturated carbocycles. The molecule has 0 saturated heterocycles. The fraction of sp³-hybridized carbons (Fsp3) is 0.286. The minimum atomic E-state index is -0.754. The predicted molar refractivity (Wildman–Crippen MR) is 106 cm³/mol. The van der Waals surface area contributed by atoms with Crippen LogP contribution in [-0.4, -0.2) is 30.9 Å². The number of carbonyl (C=O) groups is 3. The molecule has 3 amide bonds. The maximum atomic E-state index is 12.3. The molecule has 0 atom stereocenters. The average Bonchev–Trinajstić information content (AvgIpc) is 3.00. The monoisotopic (exact) mass is 379 g/mol. The van der Waals surface area contributed by atoms with Crippen molar-refractivity contribution in [1.29, 1.82) is 0 Å². The fourth-order valence-corrected chi connectivity index (χ4v) is 3.73. The summed E-state index contributed by atoms with van der Waals surface area (Å²) in [5.41, 5.74) is 3.97. The Labute approximate surface area is 162 Å². The molecule has 2 N–H and O–H groups in total. The Morgan fingerprint density at radius 3 is 2.43 bits per heavy atom. The molecule has 2 aromatic rings. The minimum Gasteiger partial charge on any atom is -0.494 e. The summed E-state index contributed by atoms with van der Waals surface area (Å²) in [5, 5.41) is 5.21. The van der Waals surface area contributed by atoms with E-state index in [1.54, 1.807) is 30.3 Å². The van der Waals surface area contributed by atoms with Crippen molar-refractivity contribution in [3.8, 4) is 5.75 Å². The predicted octanol–water partition coefficient (Wildman–Crippen LogP) is 2.50. The van der Waals surface area contributed by atoms with Gasteiger partial charge in [0.1, 0.15) is 5.75 Å². The number of hydrogen-bond acceptors (Lipinski definition) is 4. The van der Waals surface area contributed by atoms with E-state index < -0.39 is 11.8 Å². The molecule has 7 nitrogen and oxygen atoms in total. The highest BCUT2D eigenvalue weighted by Crippen LogP contribution is 2.38. The number of ether oxygens (including phenoxy) is 1. The van der Waals surface area contributed by atoms with E-state index in [9.17, 15) is 14.4 Å². The third-order valence-corrected chi connectivity index (χ3v) is 4.90. The van der Waals surface area contributed by atoms with Crippen LogP contribution in [0.1, 0.15) is 24.5 Å². The van der Waals surface area contributed by atoms with Crippen molar-refractivity contribution in [2.45, 2.75) is 26.2 Å². The lowest BCUT2D eigenvalue weighted by Gasteiger charge is -2.26. The van der Waals surface area contributed by atoms with Crippen LogP contribution in [0.15, 0.2) is 36.4 Å². The molecule has 28 heavy (non-hydrogen) atoms. The first-order valence-electron chi connectivity index (χ1n) is 9.36. The van der Waals surface area contributed by atoms with Gasteiger partial charge in [-0.2, -0.15) is 0 Å². The van der Waals surface area contributed by atoms with Gasteiger partial charge in [-0.15, -0.1) is 0 Å². The first-order chi connectivity index (χ1) is 13.5. The molecule has 0 radical (unpaired) electrons. The number of hydrogen-bond donors (Lipinski definition) is 2. The quantitative estimate of drug-likeness (QED) is 0.799. The van der Waals surface area contributed by atoms with Gasteiger partial charge in [-0.05, 0) is 67.3 Å². The number of carbonyl (C=O) groups excluding carboxylic acids is 3. The molecule has 2 aliphatic heterocycles. The summed E-state index contributed by atoms with van der Waals surface area (Å²) in [7, 11) is 0. The van der Waals surface area contributed by atoms with Crippen molar-refractivity contribution in [2.75, 3.05) is 28.7 Å². The largest absolute Gasteiger partial charge is 0.494 e. The van der Waals surface area contributed by atoms with Gasteiger partial charge in [-0.25, -0.2) is 0 Å². The second-order valence-electron chi connectivity index (χ2n) is 6.83. The minimum absolute atomic E-state index is 0.0904. The van der Waals surface area contributed by atoms with Crippen LogP contribution in [-0.2, 0) is 27.2 Å². The van der Waals surface area contributed by atoms with Crippen LogP contribution >= 0.6 is 0 Å². The molecule has 0 fully saturated rings. The Balaban J connectivity index is 1.44. The van der Waals surface area contributed by atoms with Gasteiger partial charge in [0.25, 0.3) is 0 Å². The zero-order chi connectivity index (χ0) is 19.7. The molecule has 144 valence electrons. The maximum absolute atomic E-state index is 12.3. The Morgan fingerprint density at radius 1 is 1.04 bits per heavy atom. The Hall–Kier alpha value is -3.35. The first-order valence-corrected chi connectivity index (χ1v) is 9.36. The lowest BCUT2D eigenvalue weighted by Crippen LogP contribution is -2.31. The van der Waals surface area contributed by atoms with Crippen molar-refractivity contribution < 1.29 is 19.1 Å². The highest BCUT2D eigenvalue weighted by atomic mass is 16.5. The number of nitrogens with one attached hydrogen (secondary N) is 2. The highest BCUT2D eigenvalue weighted by Gasteiger charge is 2.32. The highest BCUT2D eigenvalue weighted by molar-refractivity contribution is 6.43. The van der Waals surface area contributed by atoms with E-state index >= 15 is 0 Å². The number of aryl methyl sites for hydroxylation is 1. The molecule has 2 aliphatic rings. The van der Waals surface area contributed by atoms with Crippen LogP contribution < -0.4 is 20.3 Å². The van der Waals surface area contributed by atoms with E-state index in [1.165, 1.54) is 0 Å². The van der Waals surface area contributed by atoms with Gasteiger partial charge in [0.05, 0.1) is 18.7 Å². The zero-order valence-electron chi connectivity index (χ0n) is 15.6. The van der Waals surface area contributed by atoms with Crippen LogP contribution in [0.5, 0.6) is 5.75 Å². The Bertz CT molecular complexity index is 953. The SMILES string of the molecule is CCOc1ccc(NC(=O)C(=O)Nc2cc3c4c(c2)CC(=O)N4CCC3)cc1. The third kappa shape index (κ3) is 3.43. The molecule has 0 aromatic heterocycles. The lowest BCUT2D eigenvalue weighted by atomic mass is 9.99. The van der Waals surface area contributed by atoms with Gasteiger partial charge in [-0.3, -0.25) is 14.4 Å². The van der Waals surface area contributed by atoms with E-state index in [0.717, 1.165) is 36.2 Å². The van der Waals surface area contributed by atoms with E-state index in [0.29, 0.717) is 30.2 Å². The summed E-state index contributed by atoms with van der Waals surface area (Å²) >= 11 is 0. The van der Waals surface area contributed by atoms with Crippen LogP contribution in [0, 0.1) is 0 Å². The van der Waals surface area contributed by atoms with Crippen molar-refractivity contribution >= 4 is 34.8 Å². The van der Waals surface area contributed by atoms with E-state index in [2.05, 4.69) is 10.6 Å². The number of rotatable bonds is 4. The summed E-state index contributed by atoms with van der Waals surface area (Å²) < 4.78 is 5.35. The molecule has 4 rings (SSSR count). The molecule has 0 bridgehead atoms. The van der Waals surface area contributed by atoms with Crippen molar-refractivity contribution in [3.63, 3.8) is 0 Å². The maximum Gasteiger partial charge on any atom is 0.314 e. The molecule has 0 aliphatic carbocycles. The summed E-state index contributed by atoms with van der Waals surface area (Å²) in [6, 6.07) is 10.4. The summed E-state index contributed by atoms with van der Waals surface area (Å²) in [6.45, 7) is 3.19. The molecule has 2 heterocycles. The van der Waals surface area contributed by atoms with Crippen LogP contribution in [0.4, 0.5) is 17.1 Å². The molecular weight excluding hydrogens is 358 g/mol. The van der Waals surface area contributed by atoms with Gasteiger partial charge in [-0.1, -0.05) is 0 Å².